The third-order valence-corrected chi connectivity index (χ3v) is 3.15. The summed E-state index contributed by atoms with van der Waals surface area (Å²) in [5.41, 5.74) is 7.69. The molecule has 0 bridgehead atoms. The average Bonchev–Trinajstić information content (AvgIpc) is 2.47. The lowest BCUT2D eigenvalue weighted by Gasteiger charge is -2.16. The summed E-state index contributed by atoms with van der Waals surface area (Å²) >= 11 is 0. The molecule has 0 aliphatic carbocycles. The fourth-order valence-electron chi connectivity index (χ4n) is 2.06. The molecule has 20 heavy (non-hydrogen) atoms. The van der Waals surface area contributed by atoms with Gasteiger partial charge in [0.1, 0.15) is 11.3 Å². The molecular weight excluding hydrogens is 252 g/mol. The second-order valence-electron chi connectivity index (χ2n) is 4.53. The first-order valence-electron chi connectivity index (χ1n) is 6.41. The number of rotatable bonds is 4. The number of nitrogens with two attached hydrogens (primary N) is 1. The van der Waals surface area contributed by atoms with Gasteiger partial charge in [-0.25, -0.2) is 0 Å². The lowest BCUT2D eigenvalue weighted by molar-refractivity contribution is 0.0938. The van der Waals surface area contributed by atoms with Gasteiger partial charge < -0.3 is 15.8 Å². The van der Waals surface area contributed by atoms with E-state index in [2.05, 4.69) is 5.32 Å². The minimum Gasteiger partial charge on any atom is -0.496 e. The maximum absolute atomic E-state index is 12.4. The van der Waals surface area contributed by atoms with E-state index >= 15 is 0 Å². The molecule has 0 unspecified atom stereocenters. The number of ether oxygens (including phenoxy) is 1. The summed E-state index contributed by atoms with van der Waals surface area (Å²) < 4.78 is 5.19. The van der Waals surface area contributed by atoms with Crippen LogP contribution in [0, 0.1) is 0 Å². The second kappa shape index (κ2) is 6.10. The summed E-state index contributed by atoms with van der Waals surface area (Å²) in [5.74, 6) is 0.235. The van der Waals surface area contributed by atoms with Crippen LogP contribution >= 0.6 is 0 Å². The quantitative estimate of drug-likeness (QED) is 0.840. The van der Waals surface area contributed by atoms with E-state index in [0.29, 0.717) is 17.0 Å². The molecule has 2 aromatic rings. The molecule has 0 saturated heterocycles. The van der Waals surface area contributed by atoms with E-state index in [1.165, 1.54) is 7.11 Å². The molecule has 1 atom stereocenters. The number of methoxy groups -OCH3 is 1. The minimum atomic E-state index is -0.240. The summed E-state index contributed by atoms with van der Waals surface area (Å²) in [6, 6.07) is 14.8. The summed E-state index contributed by atoms with van der Waals surface area (Å²) in [4.78, 5) is 12.4. The van der Waals surface area contributed by atoms with Crippen LogP contribution in [0.25, 0.3) is 0 Å². The van der Waals surface area contributed by atoms with Gasteiger partial charge in [0.25, 0.3) is 5.91 Å². The number of nitrogens with one attached hydrogen (secondary N) is 1. The van der Waals surface area contributed by atoms with Crippen LogP contribution in [0.3, 0.4) is 0 Å². The van der Waals surface area contributed by atoms with E-state index in [0.717, 1.165) is 5.56 Å². The number of hydrogen-bond acceptors (Lipinski definition) is 3. The van der Waals surface area contributed by atoms with Gasteiger partial charge in [0.05, 0.1) is 13.2 Å². The van der Waals surface area contributed by atoms with Crippen molar-refractivity contribution in [2.45, 2.75) is 13.0 Å². The Kier molecular flexibility index (Phi) is 4.25. The molecule has 0 fully saturated rings. The van der Waals surface area contributed by atoms with Crippen molar-refractivity contribution in [3.8, 4) is 5.75 Å². The predicted octanol–water partition coefficient (Wildman–Crippen LogP) is 2.77. The fraction of sp³-hybridized carbons (Fsp3) is 0.188. The first-order chi connectivity index (χ1) is 9.63. The number of anilines is 1. The van der Waals surface area contributed by atoms with Crippen molar-refractivity contribution in [2.24, 2.45) is 0 Å². The molecule has 0 saturated carbocycles. The van der Waals surface area contributed by atoms with Crippen molar-refractivity contribution in [3.63, 3.8) is 0 Å². The van der Waals surface area contributed by atoms with E-state index < -0.39 is 0 Å². The van der Waals surface area contributed by atoms with E-state index in [4.69, 9.17) is 10.5 Å². The smallest absolute Gasteiger partial charge is 0.257 e. The molecule has 104 valence electrons. The molecule has 0 radical (unpaired) electrons. The largest absolute Gasteiger partial charge is 0.496 e. The van der Waals surface area contributed by atoms with E-state index in [1.54, 1.807) is 18.2 Å². The highest BCUT2D eigenvalue weighted by atomic mass is 16.5. The Hall–Kier alpha value is -2.49. The normalized spacial score (nSPS) is 11.7. The van der Waals surface area contributed by atoms with Gasteiger partial charge in [-0.1, -0.05) is 36.4 Å². The van der Waals surface area contributed by atoms with Gasteiger partial charge in [-0.3, -0.25) is 4.79 Å². The number of carbonyl (C=O) groups is 1. The van der Waals surface area contributed by atoms with Gasteiger partial charge >= 0.3 is 0 Å². The molecule has 1 amide bonds. The third kappa shape index (κ3) is 2.91. The summed E-state index contributed by atoms with van der Waals surface area (Å²) in [5, 5.41) is 2.93. The zero-order valence-electron chi connectivity index (χ0n) is 11.6. The third-order valence-electron chi connectivity index (χ3n) is 3.15. The second-order valence-corrected chi connectivity index (χ2v) is 4.53. The Bertz CT molecular complexity index is 597. The number of hydrogen-bond donors (Lipinski definition) is 2. The zero-order chi connectivity index (χ0) is 14.5. The van der Waals surface area contributed by atoms with Gasteiger partial charge in [0.15, 0.2) is 0 Å². The highest BCUT2D eigenvalue weighted by Gasteiger charge is 2.18. The van der Waals surface area contributed by atoms with Gasteiger partial charge in [-0.05, 0) is 24.6 Å². The molecule has 2 aromatic carbocycles. The number of benzene rings is 2. The Morgan fingerprint density at radius 3 is 2.50 bits per heavy atom. The van der Waals surface area contributed by atoms with Crippen LogP contribution < -0.4 is 15.8 Å². The van der Waals surface area contributed by atoms with Crippen molar-refractivity contribution in [1.29, 1.82) is 0 Å². The lowest BCUT2D eigenvalue weighted by atomic mass is 10.1. The molecule has 0 spiro atoms. The summed E-state index contributed by atoms with van der Waals surface area (Å²) in [6.07, 6.45) is 0. The first kappa shape index (κ1) is 13.9. The Balaban J connectivity index is 2.21. The molecule has 0 heterocycles. The molecule has 4 heteroatoms. The molecule has 0 aromatic heterocycles. The zero-order valence-corrected chi connectivity index (χ0v) is 11.6. The van der Waals surface area contributed by atoms with Crippen LogP contribution in [0.1, 0.15) is 28.9 Å². The number of nitrogen functional groups attached to an aromatic ring is 1. The Morgan fingerprint density at radius 1 is 1.15 bits per heavy atom. The molecule has 2 rings (SSSR count). The highest BCUT2D eigenvalue weighted by molar-refractivity contribution is 6.02. The monoisotopic (exact) mass is 270 g/mol. The van der Waals surface area contributed by atoms with Gasteiger partial charge in [0, 0.05) is 5.69 Å². The topological polar surface area (TPSA) is 64.3 Å². The van der Waals surface area contributed by atoms with Crippen LogP contribution in [0.4, 0.5) is 5.69 Å². The van der Waals surface area contributed by atoms with Crippen LogP contribution in [0.5, 0.6) is 5.75 Å². The van der Waals surface area contributed by atoms with Gasteiger partial charge in [-0.2, -0.15) is 0 Å². The fourth-order valence-corrected chi connectivity index (χ4v) is 2.06. The van der Waals surface area contributed by atoms with E-state index in [-0.39, 0.29) is 11.9 Å². The average molecular weight is 270 g/mol. The predicted molar refractivity (Wildman–Crippen MR) is 79.7 cm³/mol. The van der Waals surface area contributed by atoms with Gasteiger partial charge in [0.2, 0.25) is 0 Å². The van der Waals surface area contributed by atoms with Crippen molar-refractivity contribution in [1.82, 2.24) is 5.32 Å². The van der Waals surface area contributed by atoms with E-state index in [9.17, 15) is 4.79 Å². The van der Waals surface area contributed by atoms with Crippen molar-refractivity contribution in [3.05, 3.63) is 59.7 Å². The summed E-state index contributed by atoms with van der Waals surface area (Å²) in [7, 11) is 1.52. The number of amides is 1. The standard InChI is InChI=1S/C16H18N2O2/c1-11(12-7-4-3-5-8-12)18-16(19)15-13(17)9-6-10-14(15)20-2/h3-11H,17H2,1-2H3,(H,18,19)/t11-/m1/s1. The molecule has 0 aliphatic rings. The SMILES string of the molecule is COc1cccc(N)c1C(=O)N[C@H](C)c1ccccc1. The first-order valence-corrected chi connectivity index (χ1v) is 6.41. The Morgan fingerprint density at radius 2 is 1.85 bits per heavy atom. The molecule has 3 N–H and O–H groups in total. The van der Waals surface area contributed by atoms with Gasteiger partial charge in [-0.15, -0.1) is 0 Å². The van der Waals surface area contributed by atoms with Crippen molar-refractivity contribution >= 4 is 11.6 Å². The highest BCUT2D eigenvalue weighted by Crippen LogP contribution is 2.25. The number of carbonyl (C=O) groups excluding carboxylic acids is 1. The van der Waals surface area contributed by atoms with Crippen LogP contribution in [0.2, 0.25) is 0 Å². The van der Waals surface area contributed by atoms with Crippen LogP contribution in [0.15, 0.2) is 48.5 Å². The lowest BCUT2D eigenvalue weighted by Crippen LogP contribution is -2.27. The Labute approximate surface area is 118 Å². The van der Waals surface area contributed by atoms with Crippen LogP contribution in [-0.4, -0.2) is 13.0 Å². The van der Waals surface area contributed by atoms with Crippen molar-refractivity contribution < 1.29 is 9.53 Å². The maximum Gasteiger partial charge on any atom is 0.257 e. The maximum atomic E-state index is 12.4. The molecular formula is C16H18N2O2. The van der Waals surface area contributed by atoms with E-state index in [1.807, 2.05) is 37.3 Å². The minimum absolute atomic E-state index is 0.104. The molecule has 0 aliphatic heterocycles. The molecule has 4 nitrogen and oxygen atoms in total. The van der Waals surface area contributed by atoms with Crippen molar-refractivity contribution in [2.75, 3.05) is 12.8 Å². The summed E-state index contributed by atoms with van der Waals surface area (Å²) in [6.45, 7) is 1.93. The van der Waals surface area contributed by atoms with Crippen LogP contribution in [-0.2, 0) is 0 Å².